The van der Waals surface area contributed by atoms with E-state index in [1.807, 2.05) is 0 Å². The molecule has 0 saturated heterocycles. The maximum Gasteiger partial charge on any atom is 0.411 e. The second kappa shape index (κ2) is 9.12. The number of aliphatic hydroxyl groups is 1. The van der Waals surface area contributed by atoms with E-state index >= 15 is 0 Å². The maximum absolute atomic E-state index is 12.3. The number of rotatable bonds is 7. The number of hydrogen-bond donors (Lipinski definition) is 4. The molecule has 0 aromatic carbocycles. The number of aliphatic hydroxyl groups excluding tert-OH is 1. The number of halogens is 3. The average Bonchev–Trinajstić information content (AvgIpc) is 3.05. The van der Waals surface area contributed by atoms with Crippen LogP contribution in [0.2, 0.25) is 0 Å². The summed E-state index contributed by atoms with van der Waals surface area (Å²) in [5, 5.41) is 16.3. The SMILES string of the molecule is NC(=O)c1cnc(NC2CCC(OCC(F)(F)F)CC2)nc1N[C@@H]1CCCC1O. The summed E-state index contributed by atoms with van der Waals surface area (Å²) in [7, 11) is 0. The molecule has 162 valence electrons. The zero-order chi connectivity index (χ0) is 21.0. The van der Waals surface area contributed by atoms with Crippen LogP contribution in [0.1, 0.15) is 55.3 Å². The number of carbonyl (C=O) groups is 1. The average molecular weight is 417 g/mol. The molecule has 2 aliphatic rings. The minimum absolute atomic E-state index is 0.00918. The molecule has 0 spiro atoms. The van der Waals surface area contributed by atoms with Gasteiger partial charge in [0.15, 0.2) is 0 Å². The lowest BCUT2D eigenvalue weighted by Gasteiger charge is -2.29. The van der Waals surface area contributed by atoms with E-state index in [-0.39, 0.29) is 23.5 Å². The molecular formula is C18H26F3N5O3. The van der Waals surface area contributed by atoms with Gasteiger partial charge in [-0.25, -0.2) is 4.98 Å². The van der Waals surface area contributed by atoms with Crippen molar-refractivity contribution in [1.82, 2.24) is 9.97 Å². The van der Waals surface area contributed by atoms with Gasteiger partial charge in [-0.2, -0.15) is 18.2 Å². The third-order valence-electron chi connectivity index (χ3n) is 5.35. The number of anilines is 2. The minimum atomic E-state index is -4.32. The fourth-order valence-corrected chi connectivity index (χ4v) is 3.79. The van der Waals surface area contributed by atoms with E-state index in [1.54, 1.807) is 0 Å². The van der Waals surface area contributed by atoms with E-state index in [1.165, 1.54) is 6.20 Å². The van der Waals surface area contributed by atoms with Crippen LogP contribution in [0.3, 0.4) is 0 Å². The van der Waals surface area contributed by atoms with Gasteiger partial charge >= 0.3 is 6.18 Å². The van der Waals surface area contributed by atoms with Gasteiger partial charge in [-0.15, -0.1) is 0 Å². The number of amides is 1. The Morgan fingerprint density at radius 2 is 1.93 bits per heavy atom. The minimum Gasteiger partial charge on any atom is -0.391 e. The van der Waals surface area contributed by atoms with Crippen LogP contribution in [0.5, 0.6) is 0 Å². The predicted octanol–water partition coefficient (Wildman–Crippen LogP) is 2.20. The Hall–Kier alpha value is -2.14. The van der Waals surface area contributed by atoms with Crippen molar-refractivity contribution in [2.24, 2.45) is 5.73 Å². The molecule has 2 atom stereocenters. The van der Waals surface area contributed by atoms with Gasteiger partial charge in [-0.05, 0) is 44.9 Å². The zero-order valence-corrected chi connectivity index (χ0v) is 15.9. The Labute approximate surface area is 166 Å². The molecule has 11 heteroatoms. The Morgan fingerprint density at radius 1 is 1.21 bits per heavy atom. The second-order valence-electron chi connectivity index (χ2n) is 7.61. The van der Waals surface area contributed by atoms with Crippen LogP contribution >= 0.6 is 0 Å². The quantitative estimate of drug-likeness (QED) is 0.536. The lowest BCUT2D eigenvalue weighted by Crippen LogP contribution is -2.33. The standard InChI is InChI=1S/C18H26F3N5O3/c19-18(20,21)9-29-11-6-4-10(5-7-11)24-17-23-8-12(15(22)28)16(26-17)25-13-2-1-3-14(13)27/h8,10-11,13-14,27H,1-7,9H2,(H2,22,28)(H2,23,24,25,26)/t10?,11?,13-,14?/m1/s1. The van der Waals surface area contributed by atoms with Crippen LogP contribution in [0.15, 0.2) is 6.20 Å². The van der Waals surface area contributed by atoms with Crippen molar-refractivity contribution in [2.45, 2.75) is 75.4 Å². The maximum atomic E-state index is 12.3. The Morgan fingerprint density at radius 3 is 2.52 bits per heavy atom. The molecule has 0 bridgehead atoms. The highest BCUT2D eigenvalue weighted by atomic mass is 19.4. The summed E-state index contributed by atoms with van der Waals surface area (Å²) < 4.78 is 41.7. The number of nitrogens with zero attached hydrogens (tertiary/aromatic N) is 2. The Balaban J connectivity index is 1.58. The van der Waals surface area contributed by atoms with Gasteiger partial charge in [0, 0.05) is 12.2 Å². The van der Waals surface area contributed by atoms with Gasteiger partial charge in [0.25, 0.3) is 5.91 Å². The molecule has 29 heavy (non-hydrogen) atoms. The first kappa shape index (κ1) is 21.6. The number of aromatic nitrogens is 2. The molecule has 8 nitrogen and oxygen atoms in total. The van der Waals surface area contributed by atoms with E-state index in [9.17, 15) is 23.1 Å². The number of ether oxygens (including phenoxy) is 1. The number of carbonyl (C=O) groups excluding carboxylic acids is 1. The summed E-state index contributed by atoms with van der Waals surface area (Å²) in [4.78, 5) is 20.2. The van der Waals surface area contributed by atoms with E-state index in [2.05, 4.69) is 20.6 Å². The van der Waals surface area contributed by atoms with Crippen LogP contribution in [0.25, 0.3) is 0 Å². The molecule has 3 rings (SSSR count). The highest BCUT2D eigenvalue weighted by molar-refractivity contribution is 5.97. The molecule has 5 N–H and O–H groups in total. The lowest BCUT2D eigenvalue weighted by molar-refractivity contribution is -0.187. The molecule has 0 radical (unpaired) electrons. The fourth-order valence-electron chi connectivity index (χ4n) is 3.79. The summed E-state index contributed by atoms with van der Waals surface area (Å²) in [5.74, 6) is -0.110. The van der Waals surface area contributed by atoms with E-state index in [0.29, 0.717) is 38.1 Å². The molecule has 1 aromatic heterocycles. The molecular weight excluding hydrogens is 391 g/mol. The summed E-state index contributed by atoms with van der Waals surface area (Å²) in [5.41, 5.74) is 5.53. The van der Waals surface area contributed by atoms with Gasteiger partial charge in [0.1, 0.15) is 12.4 Å². The van der Waals surface area contributed by atoms with Crippen molar-refractivity contribution in [3.8, 4) is 0 Å². The molecule has 1 amide bonds. The van der Waals surface area contributed by atoms with Crippen molar-refractivity contribution >= 4 is 17.7 Å². The first-order valence-corrected chi connectivity index (χ1v) is 9.77. The van der Waals surface area contributed by atoms with Crippen molar-refractivity contribution in [2.75, 3.05) is 17.2 Å². The highest BCUT2D eigenvalue weighted by Crippen LogP contribution is 2.27. The molecule has 2 aliphatic carbocycles. The smallest absolute Gasteiger partial charge is 0.391 e. The van der Waals surface area contributed by atoms with Gasteiger partial charge in [-0.1, -0.05) is 0 Å². The normalized spacial score (nSPS) is 27.6. The molecule has 0 aliphatic heterocycles. The van der Waals surface area contributed by atoms with E-state index < -0.39 is 30.9 Å². The topological polar surface area (TPSA) is 122 Å². The van der Waals surface area contributed by atoms with Crippen LogP contribution in [0.4, 0.5) is 24.9 Å². The summed E-state index contributed by atoms with van der Waals surface area (Å²) >= 11 is 0. The number of nitrogens with two attached hydrogens (primary N) is 1. The third kappa shape index (κ3) is 6.17. The molecule has 1 aromatic rings. The monoisotopic (exact) mass is 417 g/mol. The van der Waals surface area contributed by atoms with Gasteiger partial charge in [0.05, 0.1) is 23.8 Å². The van der Waals surface area contributed by atoms with Gasteiger partial charge in [-0.3, -0.25) is 4.79 Å². The van der Waals surface area contributed by atoms with Crippen molar-refractivity contribution in [3.63, 3.8) is 0 Å². The molecule has 2 fully saturated rings. The van der Waals surface area contributed by atoms with Gasteiger partial charge < -0.3 is 26.2 Å². The summed E-state index contributed by atoms with van der Waals surface area (Å²) in [6.45, 7) is -1.23. The highest BCUT2D eigenvalue weighted by Gasteiger charge is 2.31. The second-order valence-corrected chi connectivity index (χ2v) is 7.61. The Kier molecular flexibility index (Phi) is 6.78. The fraction of sp³-hybridized carbons (Fsp3) is 0.722. The van der Waals surface area contributed by atoms with Crippen molar-refractivity contribution in [1.29, 1.82) is 0 Å². The largest absolute Gasteiger partial charge is 0.411 e. The number of primary amides is 1. The zero-order valence-electron chi connectivity index (χ0n) is 15.9. The van der Waals surface area contributed by atoms with Gasteiger partial charge in [0.2, 0.25) is 5.95 Å². The lowest BCUT2D eigenvalue weighted by atomic mass is 9.93. The van der Waals surface area contributed by atoms with Crippen molar-refractivity contribution in [3.05, 3.63) is 11.8 Å². The first-order chi connectivity index (χ1) is 13.7. The van der Waals surface area contributed by atoms with Crippen LogP contribution in [0, 0.1) is 0 Å². The molecule has 2 saturated carbocycles. The number of alkyl halides is 3. The van der Waals surface area contributed by atoms with Crippen molar-refractivity contribution < 1.29 is 27.8 Å². The van der Waals surface area contributed by atoms with E-state index in [4.69, 9.17) is 10.5 Å². The molecule has 1 heterocycles. The molecule has 1 unspecified atom stereocenters. The first-order valence-electron chi connectivity index (χ1n) is 9.77. The third-order valence-corrected chi connectivity index (χ3v) is 5.35. The number of hydrogen-bond acceptors (Lipinski definition) is 7. The summed E-state index contributed by atoms with van der Waals surface area (Å²) in [6, 6.07) is -0.220. The van der Waals surface area contributed by atoms with Crippen LogP contribution in [-0.4, -0.2) is 58.1 Å². The number of nitrogens with one attached hydrogen (secondary N) is 2. The summed E-state index contributed by atoms with van der Waals surface area (Å²) in [6.07, 6.45) is 0.651. The van der Waals surface area contributed by atoms with Crippen LogP contribution in [-0.2, 0) is 4.74 Å². The Bertz CT molecular complexity index is 710. The van der Waals surface area contributed by atoms with Crippen LogP contribution < -0.4 is 16.4 Å². The predicted molar refractivity (Wildman–Crippen MR) is 99.5 cm³/mol. The van der Waals surface area contributed by atoms with E-state index in [0.717, 1.165) is 12.8 Å².